The Morgan fingerprint density at radius 3 is 2.94 bits per heavy atom. The lowest BCUT2D eigenvalue weighted by Crippen LogP contribution is -2.45. The fraction of sp³-hybridized carbons (Fsp3) is 0.909. The summed E-state index contributed by atoms with van der Waals surface area (Å²) >= 11 is 0. The van der Waals surface area contributed by atoms with Crippen LogP contribution < -0.4 is 5.73 Å². The van der Waals surface area contributed by atoms with Gasteiger partial charge in [0.2, 0.25) is 0 Å². The van der Waals surface area contributed by atoms with Gasteiger partial charge in [-0.3, -0.25) is 9.69 Å². The minimum absolute atomic E-state index is 0.296. The van der Waals surface area contributed by atoms with Crippen LogP contribution in [0.5, 0.6) is 0 Å². The van der Waals surface area contributed by atoms with Gasteiger partial charge >= 0.3 is 5.97 Å². The monoisotopic (exact) mass is 230 g/mol. The highest BCUT2D eigenvalue weighted by Crippen LogP contribution is 2.13. The molecule has 2 N–H and O–H groups in total. The van der Waals surface area contributed by atoms with Gasteiger partial charge in [0.15, 0.2) is 0 Å². The minimum atomic E-state index is -0.564. The third-order valence-corrected chi connectivity index (χ3v) is 2.89. The van der Waals surface area contributed by atoms with E-state index in [9.17, 15) is 4.79 Å². The molecule has 0 aromatic rings. The van der Waals surface area contributed by atoms with Crippen molar-refractivity contribution in [3.63, 3.8) is 0 Å². The molecular weight excluding hydrogens is 208 g/mol. The third-order valence-electron chi connectivity index (χ3n) is 2.89. The molecule has 1 heterocycles. The molecule has 1 aliphatic rings. The van der Waals surface area contributed by atoms with Crippen molar-refractivity contribution >= 4 is 5.97 Å². The first-order valence-electron chi connectivity index (χ1n) is 5.84. The Balaban J connectivity index is 2.32. The summed E-state index contributed by atoms with van der Waals surface area (Å²) in [6.07, 6.45) is 2.53. The molecule has 0 aromatic heterocycles. The Morgan fingerprint density at radius 1 is 1.69 bits per heavy atom. The van der Waals surface area contributed by atoms with E-state index in [-0.39, 0.29) is 5.97 Å². The van der Waals surface area contributed by atoms with Gasteiger partial charge in [0, 0.05) is 19.7 Å². The Hall–Kier alpha value is -0.650. The average molecular weight is 230 g/mol. The lowest BCUT2D eigenvalue weighted by Gasteiger charge is -2.25. The van der Waals surface area contributed by atoms with E-state index in [0.717, 1.165) is 32.5 Å². The van der Waals surface area contributed by atoms with Gasteiger partial charge in [-0.15, -0.1) is 0 Å². The van der Waals surface area contributed by atoms with Gasteiger partial charge in [-0.2, -0.15) is 0 Å². The van der Waals surface area contributed by atoms with Crippen molar-refractivity contribution in [2.45, 2.75) is 31.9 Å². The molecule has 0 saturated carbocycles. The maximum atomic E-state index is 11.2. The SMILES string of the molecule is CCN(CC1CCCO1)CC(N)C(=O)OC. The second-order valence-electron chi connectivity index (χ2n) is 4.12. The van der Waals surface area contributed by atoms with Crippen LogP contribution in [0.15, 0.2) is 0 Å². The minimum Gasteiger partial charge on any atom is -0.468 e. The molecule has 0 radical (unpaired) electrons. The molecule has 5 heteroatoms. The Morgan fingerprint density at radius 2 is 2.44 bits per heavy atom. The van der Waals surface area contributed by atoms with E-state index < -0.39 is 6.04 Å². The number of hydrogen-bond acceptors (Lipinski definition) is 5. The fourth-order valence-electron chi connectivity index (χ4n) is 1.91. The standard InChI is InChI=1S/C11H22N2O3/c1-3-13(7-9-5-4-6-16-9)8-10(12)11(14)15-2/h9-10H,3-8,12H2,1-2H3. The number of rotatable bonds is 6. The van der Waals surface area contributed by atoms with Gasteiger partial charge < -0.3 is 15.2 Å². The van der Waals surface area contributed by atoms with Crippen molar-refractivity contribution < 1.29 is 14.3 Å². The lowest BCUT2D eigenvalue weighted by molar-refractivity contribution is -0.142. The van der Waals surface area contributed by atoms with Crippen LogP contribution in [0.25, 0.3) is 0 Å². The summed E-state index contributed by atoms with van der Waals surface area (Å²) in [5.41, 5.74) is 5.72. The van der Waals surface area contributed by atoms with Gasteiger partial charge in [-0.05, 0) is 19.4 Å². The zero-order chi connectivity index (χ0) is 12.0. The molecule has 0 aromatic carbocycles. The predicted molar refractivity (Wildman–Crippen MR) is 61.1 cm³/mol. The summed E-state index contributed by atoms with van der Waals surface area (Å²) in [5, 5.41) is 0. The smallest absolute Gasteiger partial charge is 0.323 e. The topological polar surface area (TPSA) is 64.8 Å². The van der Waals surface area contributed by atoms with Crippen LogP contribution in [-0.4, -0.2) is 56.4 Å². The zero-order valence-electron chi connectivity index (χ0n) is 10.1. The van der Waals surface area contributed by atoms with Crippen molar-refractivity contribution in [2.75, 3.05) is 33.4 Å². The number of likely N-dealkylation sites (N-methyl/N-ethyl adjacent to an activating group) is 1. The van der Waals surface area contributed by atoms with E-state index in [1.165, 1.54) is 7.11 Å². The molecule has 94 valence electrons. The number of carbonyl (C=O) groups is 1. The van der Waals surface area contributed by atoms with Crippen LogP contribution >= 0.6 is 0 Å². The first kappa shape index (κ1) is 13.4. The molecule has 0 aliphatic carbocycles. The maximum absolute atomic E-state index is 11.2. The molecule has 1 fully saturated rings. The van der Waals surface area contributed by atoms with Crippen LogP contribution in [0.1, 0.15) is 19.8 Å². The number of methoxy groups -OCH3 is 1. The van der Waals surface area contributed by atoms with Crippen molar-refractivity contribution in [3.05, 3.63) is 0 Å². The quantitative estimate of drug-likeness (QED) is 0.650. The van der Waals surface area contributed by atoms with Crippen LogP contribution in [0.3, 0.4) is 0 Å². The number of carbonyl (C=O) groups excluding carboxylic acids is 1. The highest BCUT2D eigenvalue weighted by Gasteiger charge is 2.22. The molecule has 0 spiro atoms. The van der Waals surface area contributed by atoms with Crippen molar-refractivity contribution in [1.29, 1.82) is 0 Å². The molecule has 5 nitrogen and oxygen atoms in total. The maximum Gasteiger partial charge on any atom is 0.323 e. The summed E-state index contributed by atoms with van der Waals surface area (Å²) in [4.78, 5) is 13.3. The Kier molecular flexibility index (Phi) is 5.73. The predicted octanol–water partition coefficient (Wildman–Crippen LogP) is -0.0124. The number of nitrogens with two attached hydrogens (primary N) is 1. The summed E-state index contributed by atoms with van der Waals surface area (Å²) < 4.78 is 10.2. The molecule has 1 rings (SSSR count). The van der Waals surface area contributed by atoms with Crippen LogP contribution in [-0.2, 0) is 14.3 Å². The van der Waals surface area contributed by atoms with Crippen LogP contribution in [0, 0.1) is 0 Å². The molecule has 1 saturated heterocycles. The fourth-order valence-corrected chi connectivity index (χ4v) is 1.91. The molecule has 1 aliphatic heterocycles. The first-order chi connectivity index (χ1) is 7.67. The van der Waals surface area contributed by atoms with Crippen molar-refractivity contribution in [1.82, 2.24) is 4.90 Å². The third kappa shape index (κ3) is 4.08. The number of nitrogens with zero attached hydrogens (tertiary/aromatic N) is 1. The number of ether oxygens (including phenoxy) is 2. The number of esters is 1. The van der Waals surface area contributed by atoms with Crippen molar-refractivity contribution in [3.8, 4) is 0 Å². The van der Waals surface area contributed by atoms with E-state index in [1.54, 1.807) is 0 Å². The first-order valence-corrected chi connectivity index (χ1v) is 5.84. The van der Waals surface area contributed by atoms with Gasteiger partial charge in [0.25, 0.3) is 0 Å². The van der Waals surface area contributed by atoms with Gasteiger partial charge in [0.05, 0.1) is 13.2 Å². The van der Waals surface area contributed by atoms with Gasteiger partial charge in [-0.25, -0.2) is 0 Å². The second kappa shape index (κ2) is 6.83. The van der Waals surface area contributed by atoms with E-state index in [1.807, 2.05) is 0 Å². The summed E-state index contributed by atoms with van der Waals surface area (Å²) in [7, 11) is 1.36. The molecular formula is C11H22N2O3. The Labute approximate surface area is 96.9 Å². The molecule has 2 atom stereocenters. The molecule has 0 amide bonds. The van der Waals surface area contributed by atoms with Crippen LogP contribution in [0.4, 0.5) is 0 Å². The van der Waals surface area contributed by atoms with E-state index in [2.05, 4.69) is 16.6 Å². The largest absolute Gasteiger partial charge is 0.468 e. The van der Waals surface area contributed by atoms with E-state index in [4.69, 9.17) is 10.5 Å². The number of hydrogen-bond donors (Lipinski definition) is 1. The lowest BCUT2D eigenvalue weighted by atomic mass is 10.2. The van der Waals surface area contributed by atoms with Crippen molar-refractivity contribution in [2.24, 2.45) is 5.73 Å². The summed E-state index contributed by atoms with van der Waals surface area (Å²) in [5.74, 6) is -0.356. The Bertz CT molecular complexity index is 217. The normalized spacial score (nSPS) is 22.4. The van der Waals surface area contributed by atoms with Crippen LogP contribution in [0.2, 0.25) is 0 Å². The van der Waals surface area contributed by atoms with Gasteiger partial charge in [0.1, 0.15) is 6.04 Å². The average Bonchev–Trinajstić information content (AvgIpc) is 2.79. The molecule has 0 bridgehead atoms. The zero-order valence-corrected chi connectivity index (χ0v) is 10.1. The molecule has 16 heavy (non-hydrogen) atoms. The highest BCUT2D eigenvalue weighted by atomic mass is 16.5. The van der Waals surface area contributed by atoms with E-state index in [0.29, 0.717) is 12.6 Å². The summed E-state index contributed by atoms with van der Waals surface area (Å²) in [6.45, 7) is 5.15. The highest BCUT2D eigenvalue weighted by molar-refractivity contribution is 5.75. The summed E-state index contributed by atoms with van der Waals surface area (Å²) in [6, 6.07) is -0.564. The second-order valence-corrected chi connectivity index (χ2v) is 4.12. The van der Waals surface area contributed by atoms with Gasteiger partial charge in [-0.1, -0.05) is 6.92 Å². The van der Waals surface area contributed by atoms with E-state index >= 15 is 0 Å². The molecule has 2 unspecified atom stereocenters.